The number of benzene rings is 1. The summed E-state index contributed by atoms with van der Waals surface area (Å²) in [4.78, 5) is 22.7. The second-order valence-electron chi connectivity index (χ2n) is 5.67. The minimum atomic E-state index is -0.167. The Morgan fingerprint density at radius 1 is 1.20 bits per heavy atom. The quantitative estimate of drug-likeness (QED) is 0.749. The van der Waals surface area contributed by atoms with E-state index in [1.807, 2.05) is 31.3 Å². The average Bonchev–Trinajstić information content (AvgIpc) is 3.17. The van der Waals surface area contributed by atoms with Crippen LogP contribution in [0.15, 0.2) is 55.2 Å². The molecule has 0 bridgehead atoms. The van der Waals surface area contributed by atoms with Crippen LogP contribution in [0.2, 0.25) is 0 Å². The van der Waals surface area contributed by atoms with Crippen LogP contribution in [0.5, 0.6) is 0 Å². The molecule has 25 heavy (non-hydrogen) atoms. The smallest absolute Gasteiger partial charge is 0.255 e. The summed E-state index contributed by atoms with van der Waals surface area (Å²) in [5.41, 5.74) is 2.33. The van der Waals surface area contributed by atoms with Crippen LogP contribution in [0.4, 0.5) is 11.4 Å². The Morgan fingerprint density at radius 2 is 2.00 bits per heavy atom. The molecular formula is C18H20N6O. The maximum Gasteiger partial charge on any atom is 0.255 e. The molecule has 0 saturated heterocycles. The topological polar surface area (TPSA) is 75.9 Å². The highest BCUT2D eigenvalue weighted by Crippen LogP contribution is 2.16. The van der Waals surface area contributed by atoms with Crippen molar-refractivity contribution < 1.29 is 4.79 Å². The number of hydrogen-bond acceptors (Lipinski definition) is 5. The minimum Gasteiger partial charge on any atom is -0.375 e. The molecule has 1 N–H and O–H groups in total. The summed E-state index contributed by atoms with van der Waals surface area (Å²) in [5, 5.41) is 6.86. The second-order valence-corrected chi connectivity index (χ2v) is 5.67. The number of carbonyl (C=O) groups is 1. The highest BCUT2D eigenvalue weighted by Gasteiger charge is 2.08. The zero-order valence-corrected chi connectivity index (χ0v) is 14.3. The van der Waals surface area contributed by atoms with Gasteiger partial charge in [-0.25, -0.2) is 14.6 Å². The van der Waals surface area contributed by atoms with Crippen molar-refractivity contribution in [3.63, 3.8) is 0 Å². The third-order valence-electron chi connectivity index (χ3n) is 3.79. The molecule has 0 aliphatic carbocycles. The molecule has 1 aromatic carbocycles. The van der Waals surface area contributed by atoms with Crippen molar-refractivity contribution in [2.75, 3.05) is 23.8 Å². The number of pyridine rings is 1. The predicted octanol–water partition coefficient (Wildman–Crippen LogP) is 2.76. The van der Waals surface area contributed by atoms with E-state index in [9.17, 15) is 4.79 Å². The number of anilines is 2. The Kier molecular flexibility index (Phi) is 5.03. The van der Waals surface area contributed by atoms with Crippen molar-refractivity contribution in [2.45, 2.75) is 13.3 Å². The van der Waals surface area contributed by atoms with Crippen molar-refractivity contribution in [3.05, 3.63) is 60.8 Å². The standard InChI is InChI=1S/C18H20N6O/c1-3-10-23(2)16-7-4-14(5-8-16)18(25)22-15-6-9-17(20-11-15)24-13-19-12-21-24/h4-9,11-13H,3,10H2,1-2H3,(H,22,25). The molecule has 0 atom stereocenters. The molecule has 0 spiro atoms. The Balaban J connectivity index is 1.65. The lowest BCUT2D eigenvalue weighted by atomic mass is 10.2. The van der Waals surface area contributed by atoms with E-state index in [0.717, 1.165) is 18.7 Å². The number of aromatic nitrogens is 4. The van der Waals surface area contributed by atoms with E-state index in [0.29, 0.717) is 17.1 Å². The summed E-state index contributed by atoms with van der Waals surface area (Å²) in [7, 11) is 2.04. The molecule has 3 aromatic rings. The van der Waals surface area contributed by atoms with Crippen LogP contribution in [0.1, 0.15) is 23.7 Å². The van der Waals surface area contributed by atoms with E-state index in [-0.39, 0.29) is 5.91 Å². The molecule has 0 fully saturated rings. The van der Waals surface area contributed by atoms with Gasteiger partial charge in [-0.05, 0) is 42.8 Å². The fourth-order valence-electron chi connectivity index (χ4n) is 2.46. The Hall–Kier alpha value is -3.22. The third kappa shape index (κ3) is 4.00. The van der Waals surface area contributed by atoms with E-state index < -0.39 is 0 Å². The zero-order valence-electron chi connectivity index (χ0n) is 14.3. The molecular weight excluding hydrogens is 316 g/mol. The predicted molar refractivity (Wildman–Crippen MR) is 97.1 cm³/mol. The van der Waals surface area contributed by atoms with Crippen LogP contribution >= 0.6 is 0 Å². The van der Waals surface area contributed by atoms with Crippen molar-refractivity contribution >= 4 is 17.3 Å². The number of hydrogen-bond donors (Lipinski definition) is 1. The molecule has 128 valence electrons. The molecule has 0 unspecified atom stereocenters. The van der Waals surface area contributed by atoms with Crippen molar-refractivity contribution in [2.24, 2.45) is 0 Å². The zero-order chi connectivity index (χ0) is 17.6. The lowest BCUT2D eigenvalue weighted by molar-refractivity contribution is 0.102. The molecule has 0 radical (unpaired) electrons. The van der Waals surface area contributed by atoms with Crippen LogP contribution in [0.3, 0.4) is 0 Å². The van der Waals surface area contributed by atoms with E-state index >= 15 is 0 Å². The van der Waals surface area contributed by atoms with Gasteiger partial charge in [-0.2, -0.15) is 5.10 Å². The van der Waals surface area contributed by atoms with Crippen LogP contribution in [-0.2, 0) is 0 Å². The maximum absolute atomic E-state index is 12.4. The van der Waals surface area contributed by atoms with Gasteiger partial charge in [-0.3, -0.25) is 4.79 Å². The van der Waals surface area contributed by atoms with Gasteiger partial charge in [0.15, 0.2) is 5.82 Å². The lowest BCUT2D eigenvalue weighted by Gasteiger charge is -2.18. The summed E-state index contributed by atoms with van der Waals surface area (Å²) >= 11 is 0. The van der Waals surface area contributed by atoms with Gasteiger partial charge in [0.25, 0.3) is 5.91 Å². The first-order valence-electron chi connectivity index (χ1n) is 8.11. The SMILES string of the molecule is CCCN(C)c1ccc(C(=O)Nc2ccc(-n3cncn3)nc2)cc1. The molecule has 2 heterocycles. The first kappa shape index (κ1) is 16.6. The molecule has 0 aliphatic rings. The molecule has 0 aliphatic heterocycles. The average molecular weight is 336 g/mol. The van der Waals surface area contributed by atoms with E-state index in [4.69, 9.17) is 0 Å². The summed E-state index contributed by atoms with van der Waals surface area (Å²) in [6.45, 7) is 3.12. The molecule has 2 aromatic heterocycles. The van der Waals surface area contributed by atoms with Crippen molar-refractivity contribution in [3.8, 4) is 5.82 Å². The van der Waals surface area contributed by atoms with Crippen LogP contribution in [-0.4, -0.2) is 39.2 Å². The first-order chi connectivity index (χ1) is 12.2. The highest BCUT2D eigenvalue weighted by atomic mass is 16.1. The lowest BCUT2D eigenvalue weighted by Crippen LogP contribution is -2.18. The number of amides is 1. The Labute approximate surface area is 146 Å². The summed E-state index contributed by atoms with van der Waals surface area (Å²) < 4.78 is 1.55. The van der Waals surface area contributed by atoms with E-state index in [1.54, 1.807) is 29.3 Å². The van der Waals surface area contributed by atoms with Gasteiger partial charge in [0.05, 0.1) is 11.9 Å². The van der Waals surface area contributed by atoms with Gasteiger partial charge in [-0.15, -0.1) is 0 Å². The molecule has 7 nitrogen and oxygen atoms in total. The summed E-state index contributed by atoms with van der Waals surface area (Å²) in [5.74, 6) is 0.471. The van der Waals surface area contributed by atoms with Crippen LogP contribution in [0, 0.1) is 0 Å². The number of nitrogens with zero attached hydrogens (tertiary/aromatic N) is 5. The normalized spacial score (nSPS) is 10.5. The molecule has 0 saturated carbocycles. The van der Waals surface area contributed by atoms with E-state index in [2.05, 4.69) is 32.2 Å². The monoisotopic (exact) mass is 336 g/mol. The largest absolute Gasteiger partial charge is 0.375 e. The Morgan fingerprint density at radius 3 is 2.60 bits per heavy atom. The summed E-state index contributed by atoms with van der Waals surface area (Å²) in [6, 6.07) is 11.1. The van der Waals surface area contributed by atoms with Crippen LogP contribution in [0.25, 0.3) is 5.82 Å². The van der Waals surface area contributed by atoms with Crippen LogP contribution < -0.4 is 10.2 Å². The first-order valence-corrected chi connectivity index (χ1v) is 8.11. The van der Waals surface area contributed by atoms with Gasteiger partial charge in [0.2, 0.25) is 0 Å². The fraction of sp³-hybridized carbons (Fsp3) is 0.222. The second kappa shape index (κ2) is 7.57. The van der Waals surface area contributed by atoms with Gasteiger partial charge >= 0.3 is 0 Å². The van der Waals surface area contributed by atoms with Gasteiger partial charge in [0.1, 0.15) is 12.7 Å². The molecule has 7 heteroatoms. The molecule has 1 amide bonds. The Bertz CT molecular complexity index is 812. The van der Waals surface area contributed by atoms with Crippen molar-refractivity contribution in [1.82, 2.24) is 19.7 Å². The number of carbonyl (C=O) groups excluding carboxylic acids is 1. The highest BCUT2D eigenvalue weighted by molar-refractivity contribution is 6.04. The number of rotatable bonds is 6. The van der Waals surface area contributed by atoms with Crippen molar-refractivity contribution in [1.29, 1.82) is 0 Å². The molecule has 3 rings (SSSR count). The van der Waals surface area contributed by atoms with Gasteiger partial charge in [-0.1, -0.05) is 6.92 Å². The minimum absolute atomic E-state index is 0.167. The van der Waals surface area contributed by atoms with E-state index in [1.165, 1.54) is 6.33 Å². The fourth-order valence-corrected chi connectivity index (χ4v) is 2.46. The maximum atomic E-state index is 12.4. The third-order valence-corrected chi connectivity index (χ3v) is 3.79. The van der Waals surface area contributed by atoms with Gasteiger partial charge in [0, 0.05) is 24.8 Å². The summed E-state index contributed by atoms with van der Waals surface area (Å²) in [6.07, 6.45) is 5.69. The van der Waals surface area contributed by atoms with Gasteiger partial charge < -0.3 is 10.2 Å². The number of nitrogens with one attached hydrogen (secondary N) is 1.